The second-order valence-electron chi connectivity index (χ2n) is 2.71. The number of ether oxygens (including phenoxy) is 1. The van der Waals surface area contributed by atoms with Gasteiger partial charge in [0.05, 0.1) is 6.61 Å². The predicted octanol–water partition coefficient (Wildman–Crippen LogP) is 1.83. The molecule has 76 valence electrons. The first-order valence-corrected chi connectivity index (χ1v) is 4.65. The summed E-state index contributed by atoms with van der Waals surface area (Å²) in [5.74, 6) is 1.20. The van der Waals surface area contributed by atoms with E-state index in [-0.39, 0.29) is 5.91 Å². The van der Waals surface area contributed by atoms with Gasteiger partial charge in [-0.25, -0.2) is 4.98 Å². The minimum Gasteiger partial charge on any atom is -0.494 e. The van der Waals surface area contributed by atoms with Crippen LogP contribution in [0.3, 0.4) is 0 Å². The van der Waals surface area contributed by atoms with Crippen LogP contribution in [0.2, 0.25) is 0 Å². The predicted molar refractivity (Wildman–Crippen MR) is 54.3 cm³/mol. The van der Waals surface area contributed by atoms with Gasteiger partial charge in [-0.05, 0) is 13.0 Å². The van der Waals surface area contributed by atoms with Crippen molar-refractivity contribution in [1.82, 2.24) is 4.98 Å². The van der Waals surface area contributed by atoms with Crippen molar-refractivity contribution in [3.8, 4) is 5.75 Å². The first kappa shape index (κ1) is 10.5. The molecular weight excluding hydrogens is 180 g/mol. The van der Waals surface area contributed by atoms with Gasteiger partial charge in [0.2, 0.25) is 5.91 Å². The lowest BCUT2D eigenvalue weighted by atomic mass is 10.4. The molecule has 14 heavy (non-hydrogen) atoms. The average Bonchev–Trinajstić information content (AvgIpc) is 2.19. The molecule has 4 heteroatoms. The zero-order valence-corrected chi connectivity index (χ0v) is 8.41. The Morgan fingerprint density at radius 3 is 3.00 bits per heavy atom. The molecule has 0 aliphatic rings. The van der Waals surface area contributed by atoms with Gasteiger partial charge in [0.15, 0.2) is 0 Å². The van der Waals surface area contributed by atoms with Crippen LogP contribution in [0.5, 0.6) is 5.75 Å². The van der Waals surface area contributed by atoms with E-state index in [0.29, 0.717) is 24.6 Å². The van der Waals surface area contributed by atoms with E-state index < -0.39 is 0 Å². The van der Waals surface area contributed by atoms with Gasteiger partial charge < -0.3 is 10.1 Å². The molecule has 0 saturated carbocycles. The fraction of sp³-hybridized carbons (Fsp3) is 0.400. The molecule has 0 aromatic carbocycles. The van der Waals surface area contributed by atoms with E-state index in [9.17, 15) is 4.79 Å². The van der Waals surface area contributed by atoms with Crippen LogP contribution < -0.4 is 10.1 Å². The summed E-state index contributed by atoms with van der Waals surface area (Å²) in [5, 5.41) is 2.66. The summed E-state index contributed by atoms with van der Waals surface area (Å²) < 4.78 is 5.27. The highest BCUT2D eigenvalue weighted by Crippen LogP contribution is 2.14. The molecule has 1 rings (SSSR count). The van der Waals surface area contributed by atoms with Crippen LogP contribution in [0.25, 0.3) is 0 Å². The van der Waals surface area contributed by atoms with Crippen molar-refractivity contribution < 1.29 is 9.53 Å². The number of rotatable bonds is 4. The number of carbonyl (C=O) groups is 1. The summed E-state index contributed by atoms with van der Waals surface area (Å²) in [4.78, 5) is 15.1. The zero-order valence-electron chi connectivity index (χ0n) is 8.41. The normalized spacial score (nSPS) is 9.57. The first-order valence-electron chi connectivity index (χ1n) is 4.65. The van der Waals surface area contributed by atoms with E-state index in [1.54, 1.807) is 25.3 Å². The molecule has 1 N–H and O–H groups in total. The number of hydrogen-bond acceptors (Lipinski definition) is 3. The SMILES string of the molecule is CCOc1ccnc(NC(=O)CC)c1. The Kier molecular flexibility index (Phi) is 3.91. The van der Waals surface area contributed by atoms with Crippen molar-refractivity contribution in [1.29, 1.82) is 0 Å². The minimum atomic E-state index is -0.0499. The summed E-state index contributed by atoms with van der Waals surface area (Å²) in [6.07, 6.45) is 2.05. The molecule has 4 nitrogen and oxygen atoms in total. The summed E-state index contributed by atoms with van der Waals surface area (Å²) in [7, 11) is 0. The highest BCUT2D eigenvalue weighted by molar-refractivity contribution is 5.89. The molecule has 0 unspecified atom stereocenters. The van der Waals surface area contributed by atoms with Gasteiger partial charge in [-0.3, -0.25) is 4.79 Å². The van der Waals surface area contributed by atoms with E-state index in [1.807, 2.05) is 6.92 Å². The lowest BCUT2D eigenvalue weighted by molar-refractivity contribution is -0.115. The molecule has 0 atom stereocenters. The first-order chi connectivity index (χ1) is 6.76. The molecule has 1 heterocycles. The van der Waals surface area contributed by atoms with Gasteiger partial charge in [-0.2, -0.15) is 0 Å². The molecule has 0 radical (unpaired) electrons. The third kappa shape index (κ3) is 3.05. The topological polar surface area (TPSA) is 51.2 Å². The van der Waals surface area contributed by atoms with Crippen molar-refractivity contribution in [3.63, 3.8) is 0 Å². The number of carbonyl (C=O) groups excluding carboxylic acids is 1. The van der Waals surface area contributed by atoms with Crippen molar-refractivity contribution in [2.24, 2.45) is 0 Å². The van der Waals surface area contributed by atoms with Crippen LogP contribution in [-0.2, 0) is 4.79 Å². The maximum atomic E-state index is 11.1. The lowest BCUT2D eigenvalue weighted by Crippen LogP contribution is -2.10. The van der Waals surface area contributed by atoms with Crippen molar-refractivity contribution >= 4 is 11.7 Å². The van der Waals surface area contributed by atoms with E-state index in [1.165, 1.54) is 0 Å². The molecule has 0 spiro atoms. The van der Waals surface area contributed by atoms with Crippen LogP contribution >= 0.6 is 0 Å². The fourth-order valence-electron chi connectivity index (χ4n) is 0.967. The number of pyridine rings is 1. The Balaban J connectivity index is 2.68. The highest BCUT2D eigenvalue weighted by Gasteiger charge is 2.01. The zero-order chi connectivity index (χ0) is 10.4. The number of anilines is 1. The van der Waals surface area contributed by atoms with Crippen LogP contribution in [0.4, 0.5) is 5.82 Å². The molecule has 0 fully saturated rings. The molecule has 1 aromatic heterocycles. The van der Waals surface area contributed by atoms with Crippen molar-refractivity contribution in [2.75, 3.05) is 11.9 Å². The van der Waals surface area contributed by atoms with Crippen LogP contribution in [0, 0.1) is 0 Å². The minimum absolute atomic E-state index is 0.0499. The second kappa shape index (κ2) is 5.21. The molecule has 0 saturated heterocycles. The Morgan fingerprint density at radius 2 is 2.36 bits per heavy atom. The van der Waals surface area contributed by atoms with Gasteiger partial charge in [0, 0.05) is 18.7 Å². The Hall–Kier alpha value is -1.58. The lowest BCUT2D eigenvalue weighted by Gasteiger charge is -2.05. The average molecular weight is 194 g/mol. The maximum Gasteiger partial charge on any atom is 0.225 e. The molecule has 0 aliphatic heterocycles. The standard InChI is InChI=1S/C10H14N2O2/c1-3-10(13)12-9-7-8(14-4-2)5-6-11-9/h5-7H,3-4H2,1-2H3,(H,11,12,13). The molecular formula is C10H14N2O2. The smallest absolute Gasteiger partial charge is 0.225 e. The monoisotopic (exact) mass is 194 g/mol. The molecule has 1 amide bonds. The third-order valence-electron chi connectivity index (χ3n) is 1.63. The summed E-state index contributed by atoms with van der Waals surface area (Å²) in [6, 6.07) is 3.46. The summed E-state index contributed by atoms with van der Waals surface area (Å²) in [5.41, 5.74) is 0. The third-order valence-corrected chi connectivity index (χ3v) is 1.63. The number of amides is 1. The highest BCUT2D eigenvalue weighted by atomic mass is 16.5. The quantitative estimate of drug-likeness (QED) is 0.795. The van der Waals surface area contributed by atoms with Gasteiger partial charge in [-0.15, -0.1) is 0 Å². The van der Waals surface area contributed by atoms with Gasteiger partial charge in [-0.1, -0.05) is 6.92 Å². The largest absolute Gasteiger partial charge is 0.494 e. The Bertz CT molecular complexity index is 313. The van der Waals surface area contributed by atoms with E-state index in [4.69, 9.17) is 4.74 Å². The van der Waals surface area contributed by atoms with Crippen LogP contribution in [0.1, 0.15) is 20.3 Å². The number of nitrogens with zero attached hydrogens (tertiary/aromatic N) is 1. The molecule has 0 bridgehead atoms. The van der Waals surface area contributed by atoms with E-state index in [2.05, 4.69) is 10.3 Å². The molecule has 0 aliphatic carbocycles. The maximum absolute atomic E-state index is 11.1. The Morgan fingerprint density at radius 1 is 1.57 bits per heavy atom. The van der Waals surface area contributed by atoms with Gasteiger partial charge in [0.1, 0.15) is 11.6 Å². The number of nitrogens with one attached hydrogen (secondary N) is 1. The van der Waals surface area contributed by atoms with Crippen LogP contribution in [0.15, 0.2) is 18.3 Å². The van der Waals surface area contributed by atoms with Crippen molar-refractivity contribution in [3.05, 3.63) is 18.3 Å². The fourth-order valence-corrected chi connectivity index (χ4v) is 0.967. The van der Waals surface area contributed by atoms with Gasteiger partial charge in [0.25, 0.3) is 0 Å². The molecule has 1 aromatic rings. The second-order valence-corrected chi connectivity index (χ2v) is 2.71. The summed E-state index contributed by atoms with van der Waals surface area (Å²) >= 11 is 0. The van der Waals surface area contributed by atoms with E-state index in [0.717, 1.165) is 0 Å². The van der Waals surface area contributed by atoms with Crippen LogP contribution in [-0.4, -0.2) is 17.5 Å². The summed E-state index contributed by atoms with van der Waals surface area (Å²) in [6.45, 7) is 4.30. The van der Waals surface area contributed by atoms with Gasteiger partial charge >= 0.3 is 0 Å². The number of hydrogen-bond donors (Lipinski definition) is 1. The van der Waals surface area contributed by atoms with E-state index >= 15 is 0 Å². The Labute approximate surface area is 83.3 Å². The number of aromatic nitrogens is 1. The van der Waals surface area contributed by atoms with Crippen molar-refractivity contribution in [2.45, 2.75) is 20.3 Å².